The number of anilines is 2. The third-order valence-electron chi connectivity index (χ3n) is 7.13. The van der Waals surface area contributed by atoms with E-state index in [1.165, 1.54) is 7.11 Å². The molecule has 5 rings (SSSR count). The summed E-state index contributed by atoms with van der Waals surface area (Å²) < 4.78 is 12.5. The summed E-state index contributed by atoms with van der Waals surface area (Å²) >= 11 is 0. The molecule has 1 saturated heterocycles. The van der Waals surface area contributed by atoms with Gasteiger partial charge < -0.3 is 29.7 Å². The van der Waals surface area contributed by atoms with Gasteiger partial charge in [-0.3, -0.25) is 4.79 Å². The molecule has 2 atom stereocenters. The van der Waals surface area contributed by atoms with Crippen LogP contribution < -0.4 is 10.6 Å². The van der Waals surface area contributed by atoms with Gasteiger partial charge >= 0.3 is 5.97 Å². The second-order valence-electron chi connectivity index (χ2n) is 9.57. The molecule has 0 unspecified atom stereocenters. The molecule has 9 nitrogen and oxygen atoms in total. The van der Waals surface area contributed by atoms with E-state index in [1.807, 2.05) is 35.0 Å². The third kappa shape index (κ3) is 4.91. The van der Waals surface area contributed by atoms with Gasteiger partial charge in [0.25, 0.3) is 0 Å². The van der Waals surface area contributed by atoms with Crippen LogP contribution in [0.4, 0.5) is 11.4 Å². The van der Waals surface area contributed by atoms with Crippen LogP contribution in [-0.2, 0) is 27.2 Å². The topological polar surface area (TPSA) is 110 Å². The average molecular weight is 504 g/mol. The summed E-state index contributed by atoms with van der Waals surface area (Å²) in [6.45, 7) is 5.61. The van der Waals surface area contributed by atoms with Crippen molar-refractivity contribution in [1.82, 2.24) is 14.5 Å². The third-order valence-corrected chi connectivity index (χ3v) is 7.13. The van der Waals surface area contributed by atoms with Crippen molar-refractivity contribution in [3.8, 4) is 0 Å². The highest BCUT2D eigenvalue weighted by atomic mass is 16.5. The first-order chi connectivity index (χ1) is 18.0. The van der Waals surface area contributed by atoms with Crippen LogP contribution in [0.1, 0.15) is 42.7 Å². The number of H-pyrrole nitrogens is 1. The fourth-order valence-corrected chi connectivity index (χ4v) is 4.88. The normalized spacial score (nSPS) is 16.2. The number of aryl methyl sites for hydroxylation is 2. The van der Waals surface area contributed by atoms with Crippen molar-refractivity contribution < 1.29 is 19.1 Å². The highest BCUT2D eigenvalue weighted by Crippen LogP contribution is 2.34. The Morgan fingerprint density at radius 1 is 1.30 bits per heavy atom. The number of benzene rings is 1. The number of amides is 1. The molecular formula is C28H33N5O4. The number of nitrogens with zero attached hydrogens (tertiary/aromatic N) is 2. The molecule has 1 aliphatic heterocycles. The largest absolute Gasteiger partial charge is 0.464 e. The van der Waals surface area contributed by atoms with Crippen LogP contribution in [0.5, 0.6) is 0 Å². The van der Waals surface area contributed by atoms with Crippen LogP contribution in [0.2, 0.25) is 0 Å². The van der Waals surface area contributed by atoms with Gasteiger partial charge in [0.15, 0.2) is 5.69 Å². The predicted molar refractivity (Wildman–Crippen MR) is 144 cm³/mol. The average Bonchev–Trinajstić information content (AvgIpc) is 3.66. The lowest BCUT2D eigenvalue weighted by Crippen LogP contribution is -2.24. The number of carbonyl (C=O) groups excluding carboxylic acids is 2. The number of rotatable bonds is 9. The van der Waals surface area contributed by atoms with Crippen molar-refractivity contribution in [2.24, 2.45) is 5.92 Å². The van der Waals surface area contributed by atoms with Gasteiger partial charge in [0.2, 0.25) is 5.91 Å². The van der Waals surface area contributed by atoms with Crippen molar-refractivity contribution in [3.05, 3.63) is 54.0 Å². The van der Waals surface area contributed by atoms with Gasteiger partial charge in [-0.05, 0) is 43.9 Å². The Kier molecular flexibility index (Phi) is 7.14. The molecule has 1 amide bonds. The van der Waals surface area contributed by atoms with E-state index in [-0.39, 0.29) is 23.6 Å². The van der Waals surface area contributed by atoms with Gasteiger partial charge in [0.1, 0.15) is 5.65 Å². The number of fused-ring (bicyclic) bond motifs is 2. The summed E-state index contributed by atoms with van der Waals surface area (Å²) in [5, 5.41) is 8.31. The highest BCUT2D eigenvalue weighted by molar-refractivity contribution is 6.11. The molecule has 1 fully saturated rings. The lowest BCUT2D eigenvalue weighted by atomic mass is 10.1. The molecule has 9 heteroatoms. The summed E-state index contributed by atoms with van der Waals surface area (Å²) in [5.74, 6) is -0.950. The molecule has 1 aliphatic rings. The summed E-state index contributed by atoms with van der Waals surface area (Å²) in [6, 6.07) is 10.3. The van der Waals surface area contributed by atoms with E-state index in [2.05, 4.69) is 35.5 Å². The van der Waals surface area contributed by atoms with Crippen LogP contribution in [0.25, 0.3) is 21.9 Å². The van der Waals surface area contributed by atoms with Crippen molar-refractivity contribution in [2.75, 3.05) is 31.0 Å². The zero-order valence-corrected chi connectivity index (χ0v) is 21.5. The van der Waals surface area contributed by atoms with E-state index >= 15 is 0 Å². The standard InChI is InChI=1S/C28H33N5O4/c1-4-17(2)31-20-13-22-24(32-27(34)19-10-12-37-16-19)25(28(35)36-3)33(26(22)30-15-20)11-9-18-14-29-23-8-6-5-7-21(18)23/h5-8,13-15,17,19,29,31H,4,9-12,16H2,1-3H3,(H,32,34)/t17-,19+/m1/s1. The van der Waals surface area contributed by atoms with E-state index in [4.69, 9.17) is 14.5 Å². The second-order valence-corrected chi connectivity index (χ2v) is 9.57. The minimum absolute atomic E-state index is 0.168. The van der Waals surface area contributed by atoms with Gasteiger partial charge in [-0.2, -0.15) is 0 Å². The fraction of sp³-hybridized carbons (Fsp3) is 0.393. The van der Waals surface area contributed by atoms with Gasteiger partial charge in [-0.15, -0.1) is 0 Å². The van der Waals surface area contributed by atoms with Gasteiger partial charge in [-0.25, -0.2) is 9.78 Å². The Bertz CT molecular complexity index is 1430. The Morgan fingerprint density at radius 2 is 2.14 bits per heavy atom. The molecule has 0 bridgehead atoms. The molecule has 3 N–H and O–H groups in total. The number of para-hydroxylation sites is 1. The smallest absolute Gasteiger partial charge is 0.356 e. The van der Waals surface area contributed by atoms with E-state index in [0.717, 1.165) is 28.6 Å². The summed E-state index contributed by atoms with van der Waals surface area (Å²) in [6.07, 6.45) is 6.03. The van der Waals surface area contributed by atoms with E-state index in [9.17, 15) is 9.59 Å². The van der Waals surface area contributed by atoms with E-state index < -0.39 is 5.97 Å². The van der Waals surface area contributed by atoms with Crippen LogP contribution in [-0.4, -0.2) is 52.8 Å². The first-order valence-electron chi connectivity index (χ1n) is 12.8. The number of aromatic nitrogens is 3. The van der Waals surface area contributed by atoms with Crippen molar-refractivity contribution in [2.45, 2.75) is 45.7 Å². The first kappa shape index (κ1) is 24.8. The number of nitrogens with one attached hydrogen (secondary N) is 3. The monoisotopic (exact) mass is 503 g/mol. The molecule has 194 valence electrons. The highest BCUT2D eigenvalue weighted by Gasteiger charge is 2.30. The molecule has 0 radical (unpaired) electrons. The summed E-state index contributed by atoms with van der Waals surface area (Å²) in [7, 11) is 1.35. The number of carbonyl (C=O) groups is 2. The predicted octanol–water partition coefficient (Wildman–Crippen LogP) is 4.73. The van der Waals surface area contributed by atoms with Crippen molar-refractivity contribution in [3.63, 3.8) is 0 Å². The second kappa shape index (κ2) is 10.6. The van der Waals surface area contributed by atoms with Gasteiger partial charge in [0, 0.05) is 41.7 Å². The maximum Gasteiger partial charge on any atom is 0.356 e. The van der Waals surface area contributed by atoms with Crippen LogP contribution in [0, 0.1) is 5.92 Å². The van der Waals surface area contributed by atoms with Crippen molar-refractivity contribution in [1.29, 1.82) is 0 Å². The molecule has 37 heavy (non-hydrogen) atoms. The lowest BCUT2D eigenvalue weighted by molar-refractivity contribution is -0.119. The summed E-state index contributed by atoms with van der Waals surface area (Å²) in [5.41, 5.74) is 4.36. The lowest BCUT2D eigenvalue weighted by Gasteiger charge is -2.13. The number of ether oxygens (including phenoxy) is 2. The molecule has 1 aromatic carbocycles. The molecule has 4 heterocycles. The van der Waals surface area contributed by atoms with Crippen molar-refractivity contribution >= 4 is 45.2 Å². The van der Waals surface area contributed by atoms with E-state index in [1.54, 1.807) is 6.20 Å². The molecule has 3 aromatic heterocycles. The summed E-state index contributed by atoms with van der Waals surface area (Å²) in [4.78, 5) is 34.3. The zero-order valence-electron chi connectivity index (χ0n) is 21.5. The van der Waals surface area contributed by atoms with Crippen LogP contribution in [0.15, 0.2) is 42.7 Å². The van der Waals surface area contributed by atoms with Crippen LogP contribution >= 0.6 is 0 Å². The molecule has 0 aliphatic carbocycles. The van der Waals surface area contributed by atoms with Crippen LogP contribution in [0.3, 0.4) is 0 Å². The Morgan fingerprint density at radius 3 is 2.89 bits per heavy atom. The maximum atomic E-state index is 13.1. The minimum atomic E-state index is -0.522. The molecule has 0 saturated carbocycles. The number of pyridine rings is 1. The Labute approximate surface area is 215 Å². The maximum absolute atomic E-state index is 13.1. The van der Waals surface area contributed by atoms with E-state index in [0.29, 0.717) is 49.3 Å². The van der Waals surface area contributed by atoms with Gasteiger partial charge in [0.05, 0.1) is 37.2 Å². The van der Waals surface area contributed by atoms with Gasteiger partial charge in [-0.1, -0.05) is 25.1 Å². The quantitative estimate of drug-likeness (QED) is 0.285. The Hall–Kier alpha value is -3.85. The SMILES string of the molecule is CC[C@@H](C)Nc1cnc2c(c1)c(NC(=O)[C@H]1CCOC1)c(C(=O)OC)n2CCc1c[nH]c2ccccc12. The number of methoxy groups -OCH3 is 1. The number of esters is 1. The molecule has 0 spiro atoms. The number of aromatic amines is 1. The molecular weight excluding hydrogens is 470 g/mol. The minimum Gasteiger partial charge on any atom is -0.464 e. The fourth-order valence-electron chi connectivity index (χ4n) is 4.88. The number of hydrogen-bond donors (Lipinski definition) is 3. The molecule has 4 aromatic rings. The first-order valence-corrected chi connectivity index (χ1v) is 12.8. The zero-order chi connectivity index (χ0) is 25.9. The number of hydrogen-bond acceptors (Lipinski definition) is 6. The Balaban J connectivity index is 1.59.